The number of hydrogen-bond acceptors (Lipinski definition) is 3. The van der Waals surface area contributed by atoms with Crippen LogP contribution in [0.5, 0.6) is 0 Å². The van der Waals surface area contributed by atoms with Gasteiger partial charge in [-0.2, -0.15) is 0 Å². The molecule has 0 aliphatic carbocycles. The Bertz CT molecular complexity index is 281. The highest BCUT2D eigenvalue weighted by Crippen LogP contribution is 2.26. The Hall–Kier alpha value is 0.0969. The molecular formula is C9H15Cl3O3Si. The first-order chi connectivity index (χ1) is 6.93. The summed E-state index contributed by atoms with van der Waals surface area (Å²) in [5, 5.41) is 0. The average molecular weight is 306 g/mol. The van der Waals surface area contributed by atoms with Crippen LogP contribution in [0, 0.1) is 5.41 Å². The predicted molar refractivity (Wildman–Crippen MR) is 68.5 cm³/mol. The maximum Gasteiger partial charge on any atom is 0.555 e. The zero-order valence-electron chi connectivity index (χ0n) is 9.64. The third-order valence-electron chi connectivity index (χ3n) is 1.60. The minimum atomic E-state index is -3.25. The zero-order chi connectivity index (χ0) is 13.1. The summed E-state index contributed by atoms with van der Waals surface area (Å²) in [6, 6.07) is 0. The number of halogens is 3. The van der Waals surface area contributed by atoms with E-state index in [1.807, 2.05) is 0 Å². The zero-order valence-corrected chi connectivity index (χ0v) is 12.9. The fourth-order valence-electron chi connectivity index (χ4n) is 0.635. The lowest BCUT2D eigenvalue weighted by Crippen LogP contribution is -2.30. The molecule has 0 N–H and O–H groups in total. The summed E-state index contributed by atoms with van der Waals surface area (Å²) in [6.45, 7) is 10.4. The Morgan fingerprint density at radius 2 is 1.75 bits per heavy atom. The topological polar surface area (TPSA) is 35.5 Å². The van der Waals surface area contributed by atoms with Gasteiger partial charge in [-0.25, -0.2) is 0 Å². The third kappa shape index (κ3) is 6.63. The van der Waals surface area contributed by atoms with E-state index in [1.165, 1.54) is 0 Å². The normalized spacial score (nSPS) is 14.2. The van der Waals surface area contributed by atoms with E-state index in [2.05, 4.69) is 6.58 Å². The molecule has 0 radical (unpaired) electrons. The lowest BCUT2D eigenvalue weighted by molar-refractivity contribution is -0.157. The van der Waals surface area contributed by atoms with Crippen LogP contribution in [0.1, 0.15) is 27.7 Å². The van der Waals surface area contributed by atoms with Crippen molar-refractivity contribution >= 4 is 45.5 Å². The SMILES string of the molecule is C=C(O[Si](Cl)(Cl)Cl)[C@@H](C)OC(=O)C(C)(C)C. The standard InChI is InChI=1S/C9H15Cl3O3Si/c1-6(7(2)15-16(10,11)12)14-8(13)9(3,4)5/h6H,2H2,1,3-5H3/t6-/m1/s1. The van der Waals surface area contributed by atoms with Crippen LogP contribution in [0.25, 0.3) is 0 Å². The van der Waals surface area contributed by atoms with Gasteiger partial charge in [0.25, 0.3) is 0 Å². The maximum absolute atomic E-state index is 11.5. The van der Waals surface area contributed by atoms with E-state index in [9.17, 15) is 4.79 Å². The van der Waals surface area contributed by atoms with Crippen molar-refractivity contribution in [2.75, 3.05) is 0 Å². The van der Waals surface area contributed by atoms with Gasteiger partial charge in [0.1, 0.15) is 5.76 Å². The average Bonchev–Trinajstić information content (AvgIpc) is 1.98. The lowest BCUT2D eigenvalue weighted by Gasteiger charge is -2.23. The van der Waals surface area contributed by atoms with E-state index in [4.69, 9.17) is 42.4 Å². The van der Waals surface area contributed by atoms with Gasteiger partial charge in [-0.05, 0) is 27.7 Å². The molecule has 0 fully saturated rings. The summed E-state index contributed by atoms with van der Waals surface area (Å²) in [5.74, 6) is -0.222. The molecule has 0 spiro atoms. The highest BCUT2D eigenvalue weighted by molar-refractivity contribution is 7.62. The van der Waals surface area contributed by atoms with Crippen LogP contribution in [0.15, 0.2) is 12.3 Å². The van der Waals surface area contributed by atoms with Gasteiger partial charge in [0.15, 0.2) is 6.10 Å². The van der Waals surface area contributed by atoms with Gasteiger partial charge in [-0.15, -0.1) is 0 Å². The van der Waals surface area contributed by atoms with E-state index < -0.39 is 17.8 Å². The molecule has 0 aromatic rings. The number of carbonyl (C=O) groups excluding carboxylic acids is 1. The van der Waals surface area contributed by atoms with Crippen LogP contribution in [-0.2, 0) is 14.0 Å². The molecule has 1 atom stereocenters. The second-order valence-corrected chi connectivity index (χ2v) is 11.9. The molecule has 0 aromatic carbocycles. The van der Waals surface area contributed by atoms with Crippen molar-refractivity contribution in [2.24, 2.45) is 5.41 Å². The van der Waals surface area contributed by atoms with Crippen molar-refractivity contribution < 1.29 is 14.0 Å². The highest BCUT2D eigenvalue weighted by atomic mass is 35.8. The highest BCUT2D eigenvalue weighted by Gasteiger charge is 2.33. The summed E-state index contributed by atoms with van der Waals surface area (Å²) >= 11 is 16.6. The van der Waals surface area contributed by atoms with E-state index in [-0.39, 0.29) is 11.7 Å². The number of esters is 1. The quantitative estimate of drug-likeness (QED) is 0.344. The van der Waals surface area contributed by atoms with Crippen molar-refractivity contribution in [2.45, 2.75) is 33.8 Å². The van der Waals surface area contributed by atoms with Crippen LogP contribution >= 0.6 is 33.2 Å². The van der Waals surface area contributed by atoms with Gasteiger partial charge in [-0.3, -0.25) is 4.79 Å². The number of carbonyl (C=O) groups is 1. The van der Waals surface area contributed by atoms with Gasteiger partial charge in [0, 0.05) is 0 Å². The molecule has 0 aliphatic heterocycles. The lowest BCUT2D eigenvalue weighted by atomic mass is 9.97. The third-order valence-corrected chi connectivity index (χ3v) is 2.78. The molecule has 0 aliphatic rings. The molecule has 0 aromatic heterocycles. The Kier molecular flexibility index (Phi) is 5.66. The van der Waals surface area contributed by atoms with Gasteiger partial charge in [0.2, 0.25) is 0 Å². The van der Waals surface area contributed by atoms with Gasteiger partial charge in [-0.1, -0.05) is 39.8 Å². The summed E-state index contributed by atoms with van der Waals surface area (Å²) < 4.78 is 10.1. The first-order valence-electron chi connectivity index (χ1n) is 4.59. The molecule has 16 heavy (non-hydrogen) atoms. The summed E-state index contributed by atoms with van der Waals surface area (Å²) in [4.78, 5) is 11.5. The Morgan fingerprint density at radius 3 is 2.06 bits per heavy atom. The Balaban J connectivity index is 4.33. The minimum absolute atomic E-state index is 0.143. The van der Waals surface area contributed by atoms with Crippen molar-refractivity contribution in [3.05, 3.63) is 12.3 Å². The first-order valence-corrected chi connectivity index (χ1v) is 9.53. The monoisotopic (exact) mass is 304 g/mol. The Labute approximate surface area is 111 Å². The van der Waals surface area contributed by atoms with Crippen LogP contribution in [0.3, 0.4) is 0 Å². The molecule has 3 nitrogen and oxygen atoms in total. The van der Waals surface area contributed by atoms with E-state index >= 15 is 0 Å². The predicted octanol–water partition coefficient (Wildman–Crippen LogP) is 3.65. The van der Waals surface area contributed by atoms with E-state index in [1.54, 1.807) is 27.7 Å². The molecule has 0 rings (SSSR count). The largest absolute Gasteiger partial charge is 0.555 e. The Morgan fingerprint density at radius 1 is 1.31 bits per heavy atom. The van der Waals surface area contributed by atoms with E-state index in [0.29, 0.717) is 0 Å². The molecule has 0 unspecified atom stereocenters. The van der Waals surface area contributed by atoms with Gasteiger partial charge in [0.05, 0.1) is 5.41 Å². The van der Waals surface area contributed by atoms with Crippen LogP contribution in [0.4, 0.5) is 0 Å². The fraction of sp³-hybridized carbons (Fsp3) is 0.667. The summed E-state index contributed by atoms with van der Waals surface area (Å²) in [5.41, 5.74) is -0.591. The molecule has 0 heterocycles. The van der Waals surface area contributed by atoms with Crippen molar-refractivity contribution in [1.29, 1.82) is 0 Å². The molecule has 94 valence electrons. The van der Waals surface area contributed by atoms with Crippen LogP contribution < -0.4 is 0 Å². The number of rotatable bonds is 4. The van der Waals surface area contributed by atoms with Crippen molar-refractivity contribution in [1.82, 2.24) is 0 Å². The second kappa shape index (κ2) is 5.62. The fourth-order valence-corrected chi connectivity index (χ4v) is 1.99. The van der Waals surface area contributed by atoms with Crippen molar-refractivity contribution in [3.63, 3.8) is 0 Å². The second-order valence-electron chi connectivity index (χ2n) is 4.31. The molecular weight excluding hydrogens is 291 g/mol. The van der Waals surface area contributed by atoms with Crippen LogP contribution in [0.2, 0.25) is 0 Å². The molecule has 7 heteroatoms. The maximum atomic E-state index is 11.5. The summed E-state index contributed by atoms with van der Waals surface area (Å²) in [7, 11) is 0. The van der Waals surface area contributed by atoms with Crippen LogP contribution in [-0.4, -0.2) is 18.3 Å². The van der Waals surface area contributed by atoms with Crippen molar-refractivity contribution in [3.8, 4) is 0 Å². The molecule has 0 saturated carbocycles. The first kappa shape index (κ1) is 16.1. The number of ether oxygens (including phenoxy) is 1. The van der Waals surface area contributed by atoms with Gasteiger partial charge < -0.3 is 9.16 Å². The minimum Gasteiger partial charge on any atom is -0.509 e. The van der Waals surface area contributed by atoms with Gasteiger partial charge >= 0.3 is 12.2 Å². The number of hydrogen-bond donors (Lipinski definition) is 0. The van der Waals surface area contributed by atoms with E-state index in [0.717, 1.165) is 0 Å². The molecule has 0 amide bonds. The smallest absolute Gasteiger partial charge is 0.509 e. The molecule has 0 saturated heterocycles. The molecule has 0 bridgehead atoms. The summed E-state index contributed by atoms with van der Waals surface area (Å²) in [6.07, 6.45) is -3.90.